The van der Waals surface area contributed by atoms with Crippen molar-refractivity contribution in [1.82, 2.24) is 4.31 Å². The van der Waals surface area contributed by atoms with Gasteiger partial charge in [-0.15, -0.1) is 23.4 Å². The zero-order valence-electron chi connectivity index (χ0n) is 9.08. The average molecular weight is 298 g/mol. The van der Waals surface area contributed by atoms with Crippen molar-refractivity contribution in [1.29, 1.82) is 0 Å². The van der Waals surface area contributed by atoms with Crippen LogP contribution < -0.4 is 0 Å². The van der Waals surface area contributed by atoms with Gasteiger partial charge >= 0.3 is 5.97 Å². The number of esters is 1. The molecule has 0 aromatic carbocycles. The second kappa shape index (κ2) is 3.76. The van der Waals surface area contributed by atoms with Crippen molar-refractivity contribution in [3.63, 3.8) is 0 Å². The Hall–Kier alpha value is 0.0200. The molecule has 0 saturated carbocycles. The summed E-state index contributed by atoms with van der Waals surface area (Å²) < 4.78 is 30.8. The summed E-state index contributed by atoms with van der Waals surface area (Å²) in [6, 6.07) is -0.207. The number of alkyl halides is 1. The van der Waals surface area contributed by atoms with Crippen molar-refractivity contribution in [3.8, 4) is 0 Å². The molecule has 5 unspecified atom stereocenters. The molecule has 3 aliphatic heterocycles. The largest absolute Gasteiger partial charge is 0.459 e. The van der Waals surface area contributed by atoms with E-state index in [9.17, 15) is 13.2 Å². The van der Waals surface area contributed by atoms with Gasteiger partial charge in [0.1, 0.15) is 12.0 Å². The first-order valence-corrected chi connectivity index (χ1v) is 8.32. The third-order valence-corrected chi connectivity index (χ3v) is 8.20. The molecule has 0 aliphatic carbocycles. The topological polar surface area (TPSA) is 63.7 Å². The van der Waals surface area contributed by atoms with Gasteiger partial charge in [-0.3, -0.25) is 4.79 Å². The fourth-order valence-corrected chi connectivity index (χ4v) is 7.77. The van der Waals surface area contributed by atoms with Crippen LogP contribution in [-0.2, 0) is 19.6 Å². The summed E-state index contributed by atoms with van der Waals surface area (Å²) >= 11 is 7.05. The Kier molecular flexibility index (Phi) is 2.67. The number of halogens is 1. The van der Waals surface area contributed by atoms with Crippen LogP contribution in [0, 0.1) is 0 Å². The van der Waals surface area contributed by atoms with Gasteiger partial charge in [0.2, 0.25) is 10.0 Å². The molecule has 3 saturated heterocycles. The summed E-state index contributed by atoms with van der Waals surface area (Å²) in [5.74, 6) is -0.662. The molecule has 5 nitrogen and oxygen atoms in total. The highest BCUT2D eigenvalue weighted by atomic mass is 35.5. The number of ether oxygens (including phenoxy) is 1. The molecular weight excluding hydrogens is 286 g/mol. The lowest BCUT2D eigenvalue weighted by molar-refractivity contribution is -0.148. The predicted molar refractivity (Wildman–Crippen MR) is 64.6 cm³/mol. The third-order valence-electron chi connectivity index (χ3n) is 3.78. The highest BCUT2D eigenvalue weighted by Crippen LogP contribution is 2.56. The quantitative estimate of drug-likeness (QED) is 0.532. The van der Waals surface area contributed by atoms with E-state index >= 15 is 0 Å². The number of nitrogens with zero attached hydrogens (tertiary/aromatic N) is 1. The highest BCUT2D eigenvalue weighted by Gasteiger charge is 2.67. The lowest BCUT2D eigenvalue weighted by atomic mass is 9.92. The number of sulfonamides is 1. The first-order valence-electron chi connectivity index (χ1n) is 5.34. The fraction of sp³-hybridized carbons (Fsp3) is 0.889. The molecule has 8 heteroatoms. The van der Waals surface area contributed by atoms with Gasteiger partial charge in [-0.25, -0.2) is 8.42 Å². The average Bonchev–Trinajstić information content (AvgIpc) is 2.88. The van der Waals surface area contributed by atoms with Crippen LogP contribution in [0.5, 0.6) is 0 Å². The number of hydrogen-bond acceptors (Lipinski definition) is 5. The molecule has 3 rings (SSSR count). The summed E-state index contributed by atoms with van der Waals surface area (Å²) in [5, 5.41) is -0.150. The molecule has 5 atom stereocenters. The van der Waals surface area contributed by atoms with Crippen LogP contribution in [-0.4, -0.2) is 59.5 Å². The van der Waals surface area contributed by atoms with Crippen LogP contribution in [0.3, 0.4) is 0 Å². The Balaban J connectivity index is 1.90. The third kappa shape index (κ3) is 1.49. The maximum Gasteiger partial charge on any atom is 0.321 e. The Morgan fingerprint density at radius 3 is 2.94 bits per heavy atom. The van der Waals surface area contributed by atoms with Crippen LogP contribution >= 0.6 is 23.4 Å². The number of carbonyl (C=O) groups is 1. The Morgan fingerprint density at radius 1 is 1.59 bits per heavy atom. The lowest BCUT2D eigenvalue weighted by Crippen LogP contribution is -2.45. The van der Waals surface area contributed by atoms with E-state index in [0.29, 0.717) is 6.42 Å². The van der Waals surface area contributed by atoms with Crippen molar-refractivity contribution < 1.29 is 17.9 Å². The molecule has 3 heterocycles. The van der Waals surface area contributed by atoms with Crippen LogP contribution in [0.4, 0.5) is 0 Å². The highest BCUT2D eigenvalue weighted by molar-refractivity contribution is 8.03. The predicted octanol–water partition coefficient (Wildman–Crippen LogP) is 0.0371. The molecule has 17 heavy (non-hydrogen) atoms. The van der Waals surface area contributed by atoms with E-state index < -0.39 is 16.0 Å². The molecule has 0 aromatic rings. The summed E-state index contributed by atoms with van der Waals surface area (Å²) in [6.45, 7) is 0. The Bertz CT molecular complexity index is 468. The zero-order chi connectivity index (χ0) is 12.4. The van der Waals surface area contributed by atoms with Crippen molar-refractivity contribution in [2.24, 2.45) is 0 Å². The number of hydrogen-bond donors (Lipinski definition) is 0. The fourth-order valence-electron chi connectivity index (χ4n) is 3.04. The van der Waals surface area contributed by atoms with E-state index in [4.69, 9.17) is 16.3 Å². The molecule has 3 fully saturated rings. The minimum atomic E-state index is -3.20. The molecule has 0 spiro atoms. The molecule has 0 radical (unpaired) electrons. The standard InChI is InChI=1S/C9H12ClNO4S2/c1-11-7-8(15-6(12)3-10)4-2-5(9(7)16-4)17(11,13)14/h4-5,7-9H,2-3H2,1H3. The maximum absolute atomic E-state index is 12.1. The van der Waals surface area contributed by atoms with Gasteiger partial charge in [-0.05, 0) is 6.42 Å². The molecule has 96 valence electrons. The van der Waals surface area contributed by atoms with E-state index in [1.807, 2.05) is 0 Å². The van der Waals surface area contributed by atoms with Crippen LogP contribution in [0.2, 0.25) is 0 Å². The summed E-state index contributed by atoms with van der Waals surface area (Å²) in [5.41, 5.74) is 0. The number of rotatable bonds is 2. The molecule has 0 aromatic heterocycles. The number of likely N-dealkylation sites (N-methyl/N-ethyl adjacent to an activating group) is 1. The second-order valence-electron chi connectivity index (χ2n) is 4.55. The number of carbonyl (C=O) groups excluding carboxylic acids is 1. The van der Waals surface area contributed by atoms with Gasteiger partial charge in [0.25, 0.3) is 0 Å². The zero-order valence-corrected chi connectivity index (χ0v) is 11.5. The SMILES string of the molecule is CN1C2C(OC(=O)CCl)C3CC(C2S3)S1(=O)=O. The monoisotopic (exact) mass is 297 g/mol. The minimum absolute atomic E-state index is 0.0446. The normalized spacial score (nSPS) is 46.4. The van der Waals surface area contributed by atoms with Crippen molar-refractivity contribution >= 4 is 39.4 Å². The van der Waals surface area contributed by atoms with E-state index in [1.54, 1.807) is 18.8 Å². The molecule has 0 N–H and O–H groups in total. The van der Waals surface area contributed by atoms with Gasteiger partial charge in [0, 0.05) is 17.5 Å². The first-order chi connectivity index (χ1) is 7.96. The van der Waals surface area contributed by atoms with E-state index in [2.05, 4.69) is 0 Å². The molecule has 0 amide bonds. The summed E-state index contributed by atoms with van der Waals surface area (Å²) in [7, 11) is -1.63. The van der Waals surface area contributed by atoms with Crippen molar-refractivity contribution in [2.45, 2.75) is 34.3 Å². The molecule has 3 aliphatic rings. The second-order valence-corrected chi connectivity index (χ2v) is 8.45. The van der Waals surface area contributed by atoms with Crippen molar-refractivity contribution in [2.75, 3.05) is 12.9 Å². The van der Waals surface area contributed by atoms with Crippen LogP contribution in [0.25, 0.3) is 0 Å². The summed E-state index contributed by atoms with van der Waals surface area (Å²) in [6.07, 6.45) is 0.244. The van der Waals surface area contributed by atoms with Gasteiger partial charge < -0.3 is 4.74 Å². The van der Waals surface area contributed by atoms with Gasteiger partial charge in [0.05, 0.1) is 11.3 Å². The number of fused-ring (bicyclic) bond motifs is 1. The van der Waals surface area contributed by atoms with Gasteiger partial charge in [0.15, 0.2) is 0 Å². The van der Waals surface area contributed by atoms with Crippen LogP contribution in [0.1, 0.15) is 6.42 Å². The van der Waals surface area contributed by atoms with E-state index in [0.717, 1.165) is 0 Å². The van der Waals surface area contributed by atoms with Gasteiger partial charge in [-0.2, -0.15) is 4.31 Å². The van der Waals surface area contributed by atoms with Gasteiger partial charge in [-0.1, -0.05) is 0 Å². The summed E-state index contributed by atoms with van der Waals surface area (Å²) in [4.78, 5) is 11.3. The van der Waals surface area contributed by atoms with Crippen molar-refractivity contribution in [3.05, 3.63) is 0 Å². The minimum Gasteiger partial charge on any atom is -0.459 e. The maximum atomic E-state index is 12.1. The number of thioether (sulfide) groups is 1. The molecule has 2 bridgehead atoms. The molecular formula is C9H12ClNO4S2. The first kappa shape index (κ1) is 12.1. The Morgan fingerprint density at radius 2 is 2.29 bits per heavy atom. The van der Waals surface area contributed by atoms with E-state index in [-0.39, 0.29) is 33.8 Å². The Labute approximate surface area is 109 Å². The van der Waals surface area contributed by atoms with E-state index in [1.165, 1.54) is 4.31 Å². The lowest BCUT2D eigenvalue weighted by Gasteiger charge is -2.26. The van der Waals surface area contributed by atoms with Crippen LogP contribution in [0.15, 0.2) is 0 Å². The smallest absolute Gasteiger partial charge is 0.321 e.